The van der Waals surface area contributed by atoms with Gasteiger partial charge >= 0.3 is 0 Å². The number of anilines is 1. The summed E-state index contributed by atoms with van der Waals surface area (Å²) < 4.78 is 17.6. The van der Waals surface area contributed by atoms with Crippen molar-refractivity contribution in [3.63, 3.8) is 0 Å². The van der Waals surface area contributed by atoms with Crippen molar-refractivity contribution in [3.05, 3.63) is 64.4 Å². The van der Waals surface area contributed by atoms with Crippen LogP contribution in [0.4, 0.5) is 5.82 Å². The Morgan fingerprint density at radius 3 is 2.52 bits per heavy atom. The maximum absolute atomic E-state index is 13.0. The second-order valence-corrected chi connectivity index (χ2v) is 7.24. The molecule has 0 atom stereocenters. The zero-order valence-corrected chi connectivity index (χ0v) is 18.0. The molecule has 4 aromatic rings. The number of para-hydroxylation sites is 1. The lowest BCUT2D eigenvalue weighted by Gasteiger charge is -2.05. The summed E-state index contributed by atoms with van der Waals surface area (Å²) in [6.45, 7) is 5.48. The van der Waals surface area contributed by atoms with Gasteiger partial charge in [-0.2, -0.15) is 5.10 Å². The predicted molar refractivity (Wildman–Crippen MR) is 113 cm³/mol. The average molecular weight is 421 g/mol. The van der Waals surface area contributed by atoms with Crippen LogP contribution >= 0.6 is 0 Å². The highest BCUT2D eigenvalue weighted by Crippen LogP contribution is 2.30. The summed E-state index contributed by atoms with van der Waals surface area (Å²) in [4.78, 5) is 13.0. The Kier molecular flexibility index (Phi) is 5.33. The Hall–Kier alpha value is -3.88. The highest BCUT2D eigenvalue weighted by molar-refractivity contribution is 6.03. The molecule has 0 saturated heterocycles. The Morgan fingerprint density at radius 1 is 1.10 bits per heavy atom. The first-order valence-electron chi connectivity index (χ1n) is 9.74. The molecule has 4 rings (SSSR count). The average Bonchev–Trinajstić information content (AvgIpc) is 3.41. The molecule has 9 heteroatoms. The molecule has 9 nitrogen and oxygen atoms in total. The molecule has 0 saturated carbocycles. The molecule has 0 bridgehead atoms. The third-order valence-electron chi connectivity index (χ3n) is 5.24. The van der Waals surface area contributed by atoms with Crippen LogP contribution in [0.2, 0.25) is 0 Å². The first-order chi connectivity index (χ1) is 14.9. The molecule has 0 fully saturated rings. The van der Waals surface area contributed by atoms with Crippen molar-refractivity contribution in [1.82, 2.24) is 20.1 Å². The molecule has 3 heterocycles. The van der Waals surface area contributed by atoms with Crippen LogP contribution in [0, 0.1) is 20.8 Å². The largest absolute Gasteiger partial charge is 0.496 e. The molecule has 0 radical (unpaired) electrons. The summed E-state index contributed by atoms with van der Waals surface area (Å²) >= 11 is 0. The zero-order valence-electron chi connectivity index (χ0n) is 18.0. The molecular formula is C22H23N5O4. The van der Waals surface area contributed by atoms with E-state index in [9.17, 15) is 4.79 Å². The standard InChI is InChI=1S/C22H23N5O4/c1-12-16(13(2)30-25-12)10-17-14(3)31-26-21(17)22(28)23-20-11-18(24-27(20)4)15-8-6-7-9-19(15)29-5/h6-9,11H,10H2,1-5H3,(H,23,28). The minimum Gasteiger partial charge on any atom is -0.496 e. The number of rotatable bonds is 6. The number of amides is 1. The van der Waals surface area contributed by atoms with Crippen LogP contribution in [0.1, 0.15) is 38.8 Å². The van der Waals surface area contributed by atoms with Crippen molar-refractivity contribution >= 4 is 11.7 Å². The Labute approximate surface area is 179 Å². The van der Waals surface area contributed by atoms with Crippen molar-refractivity contribution in [2.75, 3.05) is 12.4 Å². The molecule has 0 spiro atoms. The molecule has 0 unspecified atom stereocenters. The van der Waals surface area contributed by atoms with E-state index in [2.05, 4.69) is 20.7 Å². The number of carbonyl (C=O) groups excluding carboxylic acids is 1. The van der Waals surface area contributed by atoms with Crippen LogP contribution in [-0.2, 0) is 13.5 Å². The molecule has 1 amide bonds. The van der Waals surface area contributed by atoms with Gasteiger partial charge in [0, 0.05) is 36.2 Å². The van der Waals surface area contributed by atoms with E-state index in [1.807, 2.05) is 38.1 Å². The molecule has 3 aromatic heterocycles. The Morgan fingerprint density at radius 2 is 1.81 bits per heavy atom. The molecular weight excluding hydrogens is 398 g/mol. The van der Waals surface area contributed by atoms with E-state index in [0.717, 1.165) is 16.8 Å². The molecule has 1 aromatic carbocycles. The fraction of sp³-hybridized carbons (Fsp3) is 0.273. The van der Waals surface area contributed by atoms with Gasteiger partial charge in [0.15, 0.2) is 5.69 Å². The first kappa shape index (κ1) is 20.4. The SMILES string of the molecule is COc1ccccc1-c1cc(NC(=O)c2noc(C)c2Cc2c(C)noc2C)n(C)n1. The van der Waals surface area contributed by atoms with Gasteiger partial charge in [-0.3, -0.25) is 9.48 Å². The summed E-state index contributed by atoms with van der Waals surface area (Å²) in [5, 5.41) is 15.3. The maximum Gasteiger partial charge on any atom is 0.279 e. The number of aryl methyl sites for hydroxylation is 4. The van der Waals surface area contributed by atoms with Gasteiger partial charge in [-0.25, -0.2) is 0 Å². The van der Waals surface area contributed by atoms with Crippen molar-refractivity contribution < 1.29 is 18.6 Å². The van der Waals surface area contributed by atoms with Gasteiger partial charge in [-0.05, 0) is 32.9 Å². The smallest absolute Gasteiger partial charge is 0.279 e. The zero-order chi connectivity index (χ0) is 22.1. The van der Waals surface area contributed by atoms with Crippen molar-refractivity contribution in [2.45, 2.75) is 27.2 Å². The van der Waals surface area contributed by atoms with Gasteiger partial charge in [0.2, 0.25) is 0 Å². The van der Waals surface area contributed by atoms with E-state index in [1.165, 1.54) is 0 Å². The topological polar surface area (TPSA) is 108 Å². The fourth-order valence-corrected chi connectivity index (χ4v) is 3.46. The lowest BCUT2D eigenvalue weighted by atomic mass is 10.0. The highest BCUT2D eigenvalue weighted by atomic mass is 16.5. The van der Waals surface area contributed by atoms with Gasteiger partial charge in [0.25, 0.3) is 5.91 Å². The number of ether oxygens (including phenoxy) is 1. The van der Waals surface area contributed by atoms with Crippen LogP contribution < -0.4 is 10.1 Å². The minimum absolute atomic E-state index is 0.220. The number of methoxy groups -OCH3 is 1. The number of nitrogens with one attached hydrogen (secondary N) is 1. The number of hydrogen-bond donors (Lipinski definition) is 1. The van der Waals surface area contributed by atoms with Crippen LogP contribution in [0.5, 0.6) is 5.75 Å². The molecule has 0 aliphatic rings. The number of aromatic nitrogens is 4. The Balaban J connectivity index is 1.61. The van der Waals surface area contributed by atoms with E-state index in [0.29, 0.717) is 40.8 Å². The lowest BCUT2D eigenvalue weighted by molar-refractivity contribution is 0.101. The van der Waals surface area contributed by atoms with E-state index in [-0.39, 0.29) is 11.6 Å². The number of carbonyl (C=O) groups is 1. The second kappa shape index (κ2) is 8.10. The first-order valence-corrected chi connectivity index (χ1v) is 9.74. The highest BCUT2D eigenvalue weighted by Gasteiger charge is 2.24. The summed E-state index contributed by atoms with van der Waals surface area (Å²) in [5.41, 5.74) is 4.12. The number of nitrogens with zero attached hydrogens (tertiary/aromatic N) is 4. The summed E-state index contributed by atoms with van der Waals surface area (Å²) in [6.07, 6.45) is 0.442. The van der Waals surface area contributed by atoms with E-state index >= 15 is 0 Å². The predicted octanol–water partition coefficient (Wildman–Crippen LogP) is 3.84. The van der Waals surface area contributed by atoms with Gasteiger partial charge in [0.05, 0.1) is 18.5 Å². The van der Waals surface area contributed by atoms with Crippen molar-refractivity contribution in [1.29, 1.82) is 0 Å². The minimum atomic E-state index is -0.381. The normalized spacial score (nSPS) is 11.0. The molecule has 160 valence electrons. The van der Waals surface area contributed by atoms with E-state index < -0.39 is 0 Å². The molecule has 1 N–H and O–H groups in total. The van der Waals surface area contributed by atoms with E-state index in [1.54, 1.807) is 31.8 Å². The van der Waals surface area contributed by atoms with Crippen LogP contribution in [0.3, 0.4) is 0 Å². The van der Waals surface area contributed by atoms with Gasteiger partial charge in [-0.1, -0.05) is 22.4 Å². The van der Waals surface area contributed by atoms with Gasteiger partial charge in [0.1, 0.15) is 23.1 Å². The van der Waals surface area contributed by atoms with Gasteiger partial charge < -0.3 is 19.1 Å². The second-order valence-electron chi connectivity index (χ2n) is 7.24. The van der Waals surface area contributed by atoms with Crippen molar-refractivity contribution in [2.24, 2.45) is 7.05 Å². The van der Waals surface area contributed by atoms with Crippen LogP contribution in [-0.4, -0.2) is 33.1 Å². The van der Waals surface area contributed by atoms with Gasteiger partial charge in [-0.15, -0.1) is 0 Å². The Bertz CT molecular complexity index is 1230. The third-order valence-corrected chi connectivity index (χ3v) is 5.24. The maximum atomic E-state index is 13.0. The van der Waals surface area contributed by atoms with E-state index in [4.69, 9.17) is 13.8 Å². The quantitative estimate of drug-likeness (QED) is 0.504. The fourth-order valence-electron chi connectivity index (χ4n) is 3.46. The number of hydrogen-bond acceptors (Lipinski definition) is 7. The monoisotopic (exact) mass is 421 g/mol. The summed E-state index contributed by atoms with van der Waals surface area (Å²) in [6, 6.07) is 9.36. The van der Waals surface area contributed by atoms with Crippen molar-refractivity contribution in [3.8, 4) is 17.0 Å². The summed E-state index contributed by atoms with van der Waals surface area (Å²) in [7, 11) is 3.37. The number of benzene rings is 1. The summed E-state index contributed by atoms with van der Waals surface area (Å²) in [5.74, 6) is 2.12. The molecule has 0 aliphatic carbocycles. The molecule has 0 aliphatic heterocycles. The lowest BCUT2D eigenvalue weighted by Crippen LogP contribution is -2.17. The molecule has 31 heavy (non-hydrogen) atoms. The van der Waals surface area contributed by atoms with Crippen LogP contribution in [0.15, 0.2) is 39.4 Å². The third kappa shape index (κ3) is 3.81. The van der Waals surface area contributed by atoms with Crippen LogP contribution in [0.25, 0.3) is 11.3 Å².